The van der Waals surface area contributed by atoms with Crippen molar-refractivity contribution < 1.29 is 17.9 Å². The lowest BCUT2D eigenvalue weighted by molar-refractivity contribution is 0.287. The molecule has 1 N–H and O–H groups in total. The van der Waals surface area contributed by atoms with Crippen LogP contribution in [0, 0.1) is 13.8 Å². The summed E-state index contributed by atoms with van der Waals surface area (Å²) in [7, 11) is -3.66. The van der Waals surface area contributed by atoms with E-state index in [9.17, 15) is 8.42 Å². The van der Waals surface area contributed by atoms with Crippen LogP contribution < -0.4 is 14.8 Å². The molecule has 0 saturated heterocycles. The standard InChI is InChI=1S/C24H26N4O4S2/c1-6-31-20-12-18-21(14(3)22(20)32-7-2)23(28-24(27-18)34(5,29)30)26-17-10-8-9-16(11-17)19-13-33-15(4)25-19/h8-13H,6-7H2,1-5H3,(H,26,27,28). The Hall–Kier alpha value is -3.24. The summed E-state index contributed by atoms with van der Waals surface area (Å²) < 4.78 is 36.4. The van der Waals surface area contributed by atoms with Crippen molar-refractivity contribution in [3.63, 3.8) is 0 Å². The van der Waals surface area contributed by atoms with Gasteiger partial charge in [-0.15, -0.1) is 11.3 Å². The highest BCUT2D eigenvalue weighted by Crippen LogP contribution is 2.40. The van der Waals surface area contributed by atoms with Crippen molar-refractivity contribution in [3.8, 4) is 22.8 Å². The number of nitrogens with zero attached hydrogens (tertiary/aromatic N) is 3. The van der Waals surface area contributed by atoms with Gasteiger partial charge in [0.15, 0.2) is 11.5 Å². The van der Waals surface area contributed by atoms with E-state index < -0.39 is 9.84 Å². The van der Waals surface area contributed by atoms with Crippen LogP contribution in [0.3, 0.4) is 0 Å². The summed E-state index contributed by atoms with van der Waals surface area (Å²) >= 11 is 1.58. The molecule has 0 aliphatic heterocycles. The molecule has 0 radical (unpaired) electrons. The Labute approximate surface area is 202 Å². The van der Waals surface area contributed by atoms with Crippen molar-refractivity contribution in [1.29, 1.82) is 0 Å². The lowest BCUT2D eigenvalue weighted by atomic mass is 10.1. The van der Waals surface area contributed by atoms with Crippen molar-refractivity contribution in [2.45, 2.75) is 32.9 Å². The summed E-state index contributed by atoms with van der Waals surface area (Å²) in [6.45, 7) is 8.51. The van der Waals surface area contributed by atoms with Gasteiger partial charge in [0.25, 0.3) is 0 Å². The molecule has 34 heavy (non-hydrogen) atoms. The molecule has 10 heteroatoms. The van der Waals surface area contributed by atoms with E-state index in [4.69, 9.17) is 9.47 Å². The summed E-state index contributed by atoms with van der Waals surface area (Å²) in [6.07, 6.45) is 1.09. The smallest absolute Gasteiger partial charge is 0.249 e. The Morgan fingerprint density at radius 2 is 1.79 bits per heavy atom. The second-order valence-corrected chi connectivity index (χ2v) is 10.6. The molecule has 0 atom stereocenters. The molecule has 0 aliphatic rings. The Bertz CT molecular complexity index is 1470. The minimum absolute atomic E-state index is 0.264. The maximum Gasteiger partial charge on any atom is 0.249 e. The largest absolute Gasteiger partial charge is 0.490 e. The SMILES string of the molecule is CCOc1cc2nc(S(C)(=O)=O)nc(Nc3cccc(-c4csc(C)n4)c3)c2c(C)c1OCC. The zero-order chi connectivity index (χ0) is 24.5. The fourth-order valence-corrected chi connectivity index (χ4v) is 4.79. The van der Waals surface area contributed by atoms with E-state index in [1.54, 1.807) is 17.4 Å². The van der Waals surface area contributed by atoms with Crippen molar-refractivity contribution in [2.24, 2.45) is 0 Å². The second-order valence-electron chi connectivity index (χ2n) is 7.67. The highest BCUT2D eigenvalue weighted by Gasteiger charge is 2.22. The van der Waals surface area contributed by atoms with E-state index in [0.717, 1.165) is 33.8 Å². The zero-order valence-electron chi connectivity index (χ0n) is 19.7. The number of sulfone groups is 1. The van der Waals surface area contributed by atoms with E-state index >= 15 is 0 Å². The minimum Gasteiger partial charge on any atom is -0.490 e. The number of rotatable bonds is 8. The quantitative estimate of drug-likeness (QED) is 0.326. The van der Waals surface area contributed by atoms with Crippen LogP contribution in [-0.2, 0) is 9.84 Å². The Morgan fingerprint density at radius 3 is 2.44 bits per heavy atom. The number of hydrogen-bond acceptors (Lipinski definition) is 9. The molecule has 2 heterocycles. The fourth-order valence-electron chi connectivity index (χ4n) is 3.65. The first-order valence-corrected chi connectivity index (χ1v) is 13.6. The van der Waals surface area contributed by atoms with Crippen LogP contribution in [0.5, 0.6) is 11.5 Å². The molecule has 4 rings (SSSR count). The van der Waals surface area contributed by atoms with E-state index in [-0.39, 0.29) is 5.16 Å². The topological polar surface area (TPSA) is 103 Å². The molecule has 2 aromatic carbocycles. The fraction of sp³-hybridized carbons (Fsp3) is 0.292. The van der Waals surface area contributed by atoms with Gasteiger partial charge in [0.05, 0.1) is 29.4 Å². The molecule has 8 nitrogen and oxygen atoms in total. The van der Waals surface area contributed by atoms with Crippen molar-refractivity contribution in [2.75, 3.05) is 24.8 Å². The predicted molar refractivity (Wildman–Crippen MR) is 135 cm³/mol. The number of nitrogens with one attached hydrogen (secondary N) is 1. The molecule has 0 bridgehead atoms. The van der Waals surface area contributed by atoms with Gasteiger partial charge in [-0.05, 0) is 39.8 Å². The van der Waals surface area contributed by atoms with Crippen molar-refractivity contribution in [1.82, 2.24) is 15.0 Å². The summed E-state index contributed by atoms with van der Waals surface area (Å²) in [6, 6.07) is 9.44. The number of benzene rings is 2. The molecule has 0 saturated carbocycles. The minimum atomic E-state index is -3.66. The summed E-state index contributed by atoms with van der Waals surface area (Å²) in [5.41, 5.74) is 3.78. The number of fused-ring (bicyclic) bond motifs is 1. The lowest BCUT2D eigenvalue weighted by Gasteiger charge is -2.18. The molecule has 0 aliphatic carbocycles. The number of aryl methyl sites for hydroxylation is 2. The molecular weight excluding hydrogens is 472 g/mol. The van der Waals surface area contributed by atoms with Crippen LogP contribution in [-0.4, -0.2) is 42.8 Å². The summed E-state index contributed by atoms with van der Waals surface area (Å²) in [5.74, 6) is 1.47. The van der Waals surface area contributed by atoms with Crippen LogP contribution >= 0.6 is 11.3 Å². The third-order valence-electron chi connectivity index (χ3n) is 5.08. The van der Waals surface area contributed by atoms with Gasteiger partial charge in [0.2, 0.25) is 15.0 Å². The maximum atomic E-state index is 12.4. The molecular formula is C24H26N4O4S2. The van der Waals surface area contributed by atoms with Crippen LogP contribution in [0.25, 0.3) is 22.2 Å². The molecule has 0 unspecified atom stereocenters. The highest BCUT2D eigenvalue weighted by atomic mass is 32.2. The number of ether oxygens (including phenoxy) is 2. The third-order valence-corrected chi connectivity index (χ3v) is 6.70. The van der Waals surface area contributed by atoms with Gasteiger partial charge in [-0.2, -0.15) is 0 Å². The van der Waals surface area contributed by atoms with Crippen LogP contribution in [0.2, 0.25) is 0 Å². The van der Waals surface area contributed by atoms with Gasteiger partial charge in [-0.3, -0.25) is 0 Å². The van der Waals surface area contributed by atoms with Crippen molar-refractivity contribution >= 4 is 43.6 Å². The number of anilines is 2. The number of hydrogen-bond donors (Lipinski definition) is 1. The molecule has 0 amide bonds. The molecule has 4 aromatic rings. The third kappa shape index (κ3) is 4.83. The van der Waals surface area contributed by atoms with Crippen molar-refractivity contribution in [3.05, 3.63) is 46.3 Å². The Kier molecular flexibility index (Phi) is 6.72. The van der Waals surface area contributed by atoms with E-state index in [1.165, 1.54) is 0 Å². The highest BCUT2D eigenvalue weighted by molar-refractivity contribution is 7.90. The first-order valence-electron chi connectivity index (χ1n) is 10.8. The summed E-state index contributed by atoms with van der Waals surface area (Å²) in [5, 5.41) is 6.69. The van der Waals surface area contributed by atoms with Gasteiger partial charge in [-0.25, -0.2) is 23.4 Å². The number of aromatic nitrogens is 3. The van der Waals surface area contributed by atoms with Crippen LogP contribution in [0.15, 0.2) is 40.9 Å². The van der Waals surface area contributed by atoms with Gasteiger partial charge in [-0.1, -0.05) is 12.1 Å². The monoisotopic (exact) mass is 498 g/mol. The van der Waals surface area contributed by atoms with Gasteiger partial charge in [0, 0.05) is 39.9 Å². The Morgan fingerprint density at radius 1 is 1.03 bits per heavy atom. The molecule has 2 aromatic heterocycles. The van der Waals surface area contributed by atoms with Gasteiger partial charge in [0.1, 0.15) is 5.82 Å². The second kappa shape index (κ2) is 9.55. The summed E-state index contributed by atoms with van der Waals surface area (Å²) in [4.78, 5) is 13.3. The van der Waals surface area contributed by atoms with E-state index in [0.29, 0.717) is 41.4 Å². The molecule has 0 spiro atoms. The van der Waals surface area contributed by atoms with Crippen LogP contribution in [0.1, 0.15) is 24.4 Å². The molecule has 0 fully saturated rings. The normalized spacial score (nSPS) is 11.6. The van der Waals surface area contributed by atoms with Gasteiger partial charge >= 0.3 is 0 Å². The average Bonchev–Trinajstić information content (AvgIpc) is 3.22. The number of thiazole rings is 1. The maximum absolute atomic E-state index is 12.4. The van der Waals surface area contributed by atoms with E-state index in [2.05, 4.69) is 20.3 Å². The predicted octanol–water partition coefficient (Wildman–Crippen LogP) is 5.31. The van der Waals surface area contributed by atoms with Gasteiger partial charge < -0.3 is 14.8 Å². The van der Waals surface area contributed by atoms with Crippen LogP contribution in [0.4, 0.5) is 11.5 Å². The Balaban J connectivity index is 1.91. The average molecular weight is 499 g/mol. The lowest BCUT2D eigenvalue weighted by Crippen LogP contribution is -2.09. The zero-order valence-corrected chi connectivity index (χ0v) is 21.3. The van der Waals surface area contributed by atoms with E-state index in [1.807, 2.05) is 57.3 Å². The first kappa shape index (κ1) is 23.9. The molecule has 178 valence electrons. The first-order chi connectivity index (χ1) is 16.2.